The number of rotatable bonds is 8. The van der Waals surface area contributed by atoms with Gasteiger partial charge in [0.1, 0.15) is 0 Å². The van der Waals surface area contributed by atoms with E-state index in [4.69, 9.17) is 21.1 Å². The Balaban J connectivity index is 2.15. The summed E-state index contributed by atoms with van der Waals surface area (Å²) in [6.07, 6.45) is 3.23. The predicted molar refractivity (Wildman–Crippen MR) is 121 cm³/mol. The molecule has 1 fully saturated rings. The maximum atomic E-state index is 13.7. The number of nitro groups is 1. The number of benzene rings is 2. The van der Waals surface area contributed by atoms with E-state index in [-0.39, 0.29) is 17.7 Å². The topological polar surface area (TPSA) is 113 Å². The third-order valence-corrected chi connectivity index (χ3v) is 6.52. The molecule has 0 spiro atoms. The zero-order valence-electron chi connectivity index (χ0n) is 18.2. The summed E-state index contributed by atoms with van der Waals surface area (Å²) < 4.78 is 9.92. The van der Waals surface area contributed by atoms with Gasteiger partial charge in [-0.15, -0.1) is 0 Å². The number of esters is 2. The van der Waals surface area contributed by atoms with E-state index in [1.54, 1.807) is 37.3 Å². The number of nitrogens with zero attached hydrogens (tertiary/aromatic N) is 1. The molecular formula is C24H22ClNO7. The zero-order valence-corrected chi connectivity index (χ0v) is 19.0. The van der Waals surface area contributed by atoms with Gasteiger partial charge in [-0.2, -0.15) is 0 Å². The van der Waals surface area contributed by atoms with E-state index >= 15 is 0 Å². The summed E-state index contributed by atoms with van der Waals surface area (Å²) in [5.41, 5.74) is -2.70. The highest BCUT2D eigenvalue weighted by Gasteiger charge is 2.87. The fraction of sp³-hybridized carbons (Fsp3) is 0.292. The number of allylic oxidation sites excluding steroid dienone is 1. The fourth-order valence-corrected chi connectivity index (χ4v) is 4.81. The van der Waals surface area contributed by atoms with Crippen molar-refractivity contribution < 1.29 is 28.8 Å². The lowest BCUT2D eigenvalue weighted by Crippen LogP contribution is -2.37. The second-order valence-corrected chi connectivity index (χ2v) is 8.08. The van der Waals surface area contributed by atoms with E-state index < -0.39 is 39.4 Å². The first kappa shape index (κ1) is 24.1. The average molecular weight is 472 g/mol. The van der Waals surface area contributed by atoms with Crippen LogP contribution in [0.1, 0.15) is 29.3 Å². The first-order chi connectivity index (χ1) is 15.7. The first-order valence-corrected chi connectivity index (χ1v) is 10.5. The Hall–Kier alpha value is -3.52. The number of halogens is 1. The molecular weight excluding hydrogens is 450 g/mol. The maximum absolute atomic E-state index is 13.7. The van der Waals surface area contributed by atoms with E-state index in [2.05, 4.69) is 0 Å². The lowest BCUT2D eigenvalue weighted by atomic mass is 9.83. The van der Waals surface area contributed by atoms with Crippen molar-refractivity contribution in [2.24, 2.45) is 16.7 Å². The molecule has 33 heavy (non-hydrogen) atoms. The molecule has 2 atom stereocenters. The molecule has 0 amide bonds. The van der Waals surface area contributed by atoms with Gasteiger partial charge in [0.25, 0.3) is 5.69 Å². The SMILES string of the molecule is CCC1(C(=O)c2ccc(Cl)cc2)C(/C=C/c2cccc([N+](=O)[O-])c2)C1(C(=O)OC)C(=O)OC. The van der Waals surface area contributed by atoms with Gasteiger partial charge >= 0.3 is 11.9 Å². The van der Waals surface area contributed by atoms with Crippen LogP contribution in [0.4, 0.5) is 5.69 Å². The van der Waals surface area contributed by atoms with Crippen LogP contribution in [0.3, 0.4) is 0 Å². The van der Waals surface area contributed by atoms with Crippen LogP contribution < -0.4 is 0 Å². The van der Waals surface area contributed by atoms with Gasteiger partial charge in [0.15, 0.2) is 11.2 Å². The monoisotopic (exact) mass is 471 g/mol. The van der Waals surface area contributed by atoms with Crippen LogP contribution >= 0.6 is 11.6 Å². The third-order valence-electron chi connectivity index (χ3n) is 6.26. The summed E-state index contributed by atoms with van der Waals surface area (Å²) in [6, 6.07) is 12.0. The number of non-ortho nitro benzene ring substituents is 1. The number of hydrogen-bond acceptors (Lipinski definition) is 7. The number of hydrogen-bond donors (Lipinski definition) is 0. The van der Waals surface area contributed by atoms with Crippen molar-refractivity contribution in [3.05, 3.63) is 80.9 Å². The number of carbonyl (C=O) groups excluding carboxylic acids is 3. The van der Waals surface area contributed by atoms with E-state index in [0.29, 0.717) is 10.6 Å². The molecule has 0 saturated heterocycles. The molecule has 9 heteroatoms. The Labute approximate surface area is 195 Å². The zero-order chi connectivity index (χ0) is 24.4. The molecule has 1 aliphatic rings. The quantitative estimate of drug-likeness (QED) is 0.183. The molecule has 0 N–H and O–H groups in total. The number of carbonyl (C=O) groups is 3. The number of nitro benzene ring substituents is 1. The minimum absolute atomic E-state index is 0.112. The highest BCUT2D eigenvalue weighted by Crippen LogP contribution is 2.74. The lowest BCUT2D eigenvalue weighted by molar-refractivity contribution is -0.384. The van der Waals surface area contributed by atoms with Crippen LogP contribution in [0.5, 0.6) is 0 Å². The van der Waals surface area contributed by atoms with Gasteiger partial charge in [-0.1, -0.05) is 42.8 Å². The molecule has 2 aromatic rings. The summed E-state index contributed by atoms with van der Waals surface area (Å²) >= 11 is 5.94. The number of Topliss-reactive ketones (excluding diaryl/α,β-unsaturated/α-hetero) is 1. The molecule has 0 radical (unpaired) electrons. The Bertz CT molecular complexity index is 1130. The maximum Gasteiger partial charge on any atom is 0.324 e. The molecule has 0 aliphatic heterocycles. The van der Waals surface area contributed by atoms with Gasteiger partial charge in [-0.05, 0) is 36.2 Å². The second kappa shape index (κ2) is 9.15. The van der Waals surface area contributed by atoms with Crippen LogP contribution in [-0.2, 0) is 19.1 Å². The van der Waals surface area contributed by atoms with Gasteiger partial charge < -0.3 is 9.47 Å². The molecule has 0 heterocycles. The van der Waals surface area contributed by atoms with Crippen LogP contribution in [0.15, 0.2) is 54.6 Å². The molecule has 172 valence electrons. The lowest BCUT2D eigenvalue weighted by Gasteiger charge is -2.20. The molecule has 1 saturated carbocycles. The predicted octanol–water partition coefficient (Wildman–Crippen LogP) is 4.50. The normalized spacial score (nSPS) is 20.8. The average Bonchev–Trinajstić information content (AvgIpc) is 3.45. The summed E-state index contributed by atoms with van der Waals surface area (Å²) in [5.74, 6) is -3.08. The van der Waals surface area contributed by atoms with Crippen LogP contribution in [0, 0.1) is 26.9 Å². The van der Waals surface area contributed by atoms with Gasteiger partial charge in [0.2, 0.25) is 0 Å². The molecule has 8 nitrogen and oxygen atoms in total. The van der Waals surface area contributed by atoms with E-state index in [9.17, 15) is 24.5 Å². The van der Waals surface area contributed by atoms with Crippen LogP contribution in [0.25, 0.3) is 6.08 Å². The van der Waals surface area contributed by atoms with Crippen molar-refractivity contribution in [1.82, 2.24) is 0 Å². The van der Waals surface area contributed by atoms with Gasteiger partial charge in [-0.3, -0.25) is 24.5 Å². The highest BCUT2D eigenvalue weighted by atomic mass is 35.5. The Morgan fingerprint density at radius 2 is 1.70 bits per heavy atom. The fourth-order valence-electron chi connectivity index (χ4n) is 4.69. The minimum atomic E-state index is -1.89. The van der Waals surface area contributed by atoms with E-state index in [1.807, 2.05) is 0 Å². The molecule has 3 rings (SSSR count). The highest BCUT2D eigenvalue weighted by molar-refractivity contribution is 6.30. The number of ketones is 1. The standard InChI is InChI=1S/C24H22ClNO7/c1-4-23(20(27)16-9-11-17(25)12-10-16)19(24(23,21(28)32-2)22(29)33-3)13-8-15-6-5-7-18(14-15)26(30)31/h5-14,19H,4H2,1-3H3/b13-8+. The molecule has 1 aliphatic carbocycles. The van der Waals surface area contributed by atoms with Crippen LogP contribution in [-0.4, -0.2) is 36.9 Å². The van der Waals surface area contributed by atoms with Crippen molar-refractivity contribution in [3.8, 4) is 0 Å². The van der Waals surface area contributed by atoms with Crippen molar-refractivity contribution in [2.45, 2.75) is 13.3 Å². The Morgan fingerprint density at radius 1 is 1.09 bits per heavy atom. The third kappa shape index (κ3) is 3.70. The van der Waals surface area contributed by atoms with Crippen molar-refractivity contribution in [3.63, 3.8) is 0 Å². The summed E-state index contributed by atoms with van der Waals surface area (Å²) in [5, 5.41) is 11.5. The molecule has 0 aromatic heterocycles. The van der Waals surface area contributed by atoms with Crippen molar-refractivity contribution in [1.29, 1.82) is 0 Å². The first-order valence-electron chi connectivity index (χ1n) is 10.1. The van der Waals surface area contributed by atoms with Crippen LogP contribution in [0.2, 0.25) is 5.02 Å². The summed E-state index contributed by atoms with van der Waals surface area (Å²) in [6.45, 7) is 1.70. The molecule has 2 aromatic carbocycles. The smallest absolute Gasteiger partial charge is 0.324 e. The van der Waals surface area contributed by atoms with Crippen molar-refractivity contribution >= 4 is 41.1 Å². The van der Waals surface area contributed by atoms with E-state index in [0.717, 1.165) is 14.2 Å². The van der Waals surface area contributed by atoms with Gasteiger partial charge in [-0.25, -0.2) is 0 Å². The minimum Gasteiger partial charge on any atom is -0.468 e. The molecule has 2 unspecified atom stereocenters. The largest absolute Gasteiger partial charge is 0.468 e. The summed E-state index contributed by atoms with van der Waals surface area (Å²) in [4.78, 5) is 50.3. The Morgan fingerprint density at radius 3 is 2.21 bits per heavy atom. The summed E-state index contributed by atoms with van der Waals surface area (Å²) in [7, 11) is 2.28. The van der Waals surface area contributed by atoms with E-state index in [1.165, 1.54) is 30.3 Å². The number of ether oxygens (including phenoxy) is 2. The van der Waals surface area contributed by atoms with Gasteiger partial charge in [0.05, 0.1) is 24.6 Å². The molecule has 0 bridgehead atoms. The second-order valence-electron chi connectivity index (χ2n) is 7.64. The van der Waals surface area contributed by atoms with Gasteiger partial charge in [0, 0.05) is 28.6 Å². The number of methoxy groups -OCH3 is 2. The Kier molecular flexibility index (Phi) is 6.69. The van der Waals surface area contributed by atoms with Crippen molar-refractivity contribution in [2.75, 3.05) is 14.2 Å².